The van der Waals surface area contributed by atoms with Crippen LogP contribution >= 0.6 is 12.6 Å². The first kappa shape index (κ1) is 25.4. The van der Waals surface area contributed by atoms with Gasteiger partial charge in [-0.3, -0.25) is 14.4 Å². The van der Waals surface area contributed by atoms with E-state index in [9.17, 15) is 19.2 Å². The molecule has 10 heteroatoms. The van der Waals surface area contributed by atoms with Crippen molar-refractivity contribution in [1.82, 2.24) is 16.0 Å². The summed E-state index contributed by atoms with van der Waals surface area (Å²) in [5.74, 6) is -3.30. The van der Waals surface area contributed by atoms with Gasteiger partial charge in [-0.25, -0.2) is 4.79 Å². The summed E-state index contributed by atoms with van der Waals surface area (Å²) >= 11 is 3.88. The van der Waals surface area contributed by atoms with Gasteiger partial charge in [0.15, 0.2) is 0 Å². The fourth-order valence-electron chi connectivity index (χ4n) is 2.61. The summed E-state index contributed by atoms with van der Waals surface area (Å²) in [6.07, 6.45) is 0.318. The number of nitrogens with two attached hydrogens (primary N) is 1. The third-order valence-corrected chi connectivity index (χ3v) is 4.80. The molecule has 30 heavy (non-hydrogen) atoms. The van der Waals surface area contributed by atoms with E-state index in [0.717, 1.165) is 5.56 Å². The molecule has 1 rings (SSSR count). The van der Waals surface area contributed by atoms with Gasteiger partial charge in [-0.1, -0.05) is 44.2 Å². The van der Waals surface area contributed by atoms with Crippen molar-refractivity contribution in [2.45, 2.75) is 51.4 Å². The third-order valence-electron chi connectivity index (χ3n) is 4.43. The van der Waals surface area contributed by atoms with Gasteiger partial charge < -0.3 is 26.8 Å². The van der Waals surface area contributed by atoms with Gasteiger partial charge in [0.25, 0.3) is 0 Å². The molecule has 6 N–H and O–H groups in total. The van der Waals surface area contributed by atoms with Gasteiger partial charge in [0.1, 0.15) is 18.1 Å². The molecule has 0 saturated carbocycles. The average Bonchev–Trinajstić information content (AvgIpc) is 2.69. The summed E-state index contributed by atoms with van der Waals surface area (Å²) in [5.41, 5.74) is 6.87. The maximum absolute atomic E-state index is 12.6. The summed E-state index contributed by atoms with van der Waals surface area (Å²) in [4.78, 5) is 48.3. The van der Waals surface area contributed by atoms with Crippen LogP contribution in [0.1, 0.15) is 26.3 Å². The highest BCUT2D eigenvalue weighted by Gasteiger charge is 2.29. The van der Waals surface area contributed by atoms with E-state index in [2.05, 4.69) is 28.6 Å². The Kier molecular flexibility index (Phi) is 10.3. The van der Waals surface area contributed by atoms with Crippen LogP contribution in [0, 0.1) is 5.92 Å². The summed E-state index contributed by atoms with van der Waals surface area (Å²) in [7, 11) is 0. The van der Waals surface area contributed by atoms with E-state index in [0.29, 0.717) is 6.42 Å². The minimum absolute atomic E-state index is 0.0915. The van der Waals surface area contributed by atoms with Crippen molar-refractivity contribution in [2.24, 2.45) is 11.7 Å². The summed E-state index contributed by atoms with van der Waals surface area (Å²) in [5, 5.41) is 16.4. The lowest BCUT2D eigenvalue weighted by atomic mass is 10.0. The Morgan fingerprint density at radius 3 is 2.07 bits per heavy atom. The van der Waals surface area contributed by atoms with Crippen LogP contribution in [-0.4, -0.2) is 58.7 Å². The number of carboxylic acid groups (broad SMARTS) is 1. The van der Waals surface area contributed by atoms with Crippen molar-refractivity contribution in [2.75, 3.05) is 5.75 Å². The van der Waals surface area contributed by atoms with E-state index in [1.165, 1.54) is 6.92 Å². The SMILES string of the molecule is CC(NC(=O)C(NC(=O)C(N)Cc1ccccc1)C(C)C)C(=O)NC(CS)C(=O)O. The fraction of sp³-hybridized carbons (Fsp3) is 0.500. The van der Waals surface area contributed by atoms with E-state index in [4.69, 9.17) is 10.8 Å². The maximum Gasteiger partial charge on any atom is 0.327 e. The van der Waals surface area contributed by atoms with E-state index < -0.39 is 47.9 Å². The number of benzene rings is 1. The molecule has 1 aromatic rings. The molecule has 0 aliphatic carbocycles. The van der Waals surface area contributed by atoms with Crippen LogP contribution in [0.5, 0.6) is 0 Å². The van der Waals surface area contributed by atoms with Gasteiger partial charge in [0.05, 0.1) is 6.04 Å². The quantitative estimate of drug-likeness (QED) is 0.261. The molecule has 4 unspecified atom stereocenters. The molecule has 0 aromatic heterocycles. The molecule has 0 fully saturated rings. The zero-order valence-corrected chi connectivity index (χ0v) is 18.2. The van der Waals surface area contributed by atoms with Gasteiger partial charge in [-0.15, -0.1) is 0 Å². The zero-order chi connectivity index (χ0) is 22.8. The third kappa shape index (κ3) is 8.03. The Labute approximate surface area is 181 Å². The van der Waals surface area contributed by atoms with Gasteiger partial charge >= 0.3 is 5.97 Å². The summed E-state index contributed by atoms with van der Waals surface area (Å²) in [6.45, 7) is 4.92. The molecule has 0 aliphatic heterocycles. The number of hydrogen-bond acceptors (Lipinski definition) is 6. The minimum atomic E-state index is -1.23. The van der Waals surface area contributed by atoms with Gasteiger partial charge in [0, 0.05) is 5.75 Å². The van der Waals surface area contributed by atoms with Crippen molar-refractivity contribution in [3.63, 3.8) is 0 Å². The number of amides is 3. The first-order chi connectivity index (χ1) is 14.1. The Balaban J connectivity index is 2.70. The zero-order valence-electron chi connectivity index (χ0n) is 17.3. The molecule has 0 aliphatic rings. The van der Waals surface area contributed by atoms with Gasteiger partial charge in [0.2, 0.25) is 17.7 Å². The van der Waals surface area contributed by atoms with Crippen molar-refractivity contribution < 1.29 is 24.3 Å². The Morgan fingerprint density at radius 1 is 0.967 bits per heavy atom. The number of aliphatic carboxylic acids is 1. The number of carbonyl (C=O) groups is 4. The highest BCUT2D eigenvalue weighted by Crippen LogP contribution is 2.06. The van der Waals surface area contributed by atoms with Crippen molar-refractivity contribution in [3.8, 4) is 0 Å². The molecular weight excluding hydrogens is 408 g/mol. The number of nitrogens with one attached hydrogen (secondary N) is 3. The number of hydrogen-bond donors (Lipinski definition) is 6. The predicted octanol–water partition coefficient (Wildman–Crippen LogP) is -0.299. The standard InChI is InChI=1S/C20H30N4O5S/c1-11(2)16(24-18(26)14(21)9-13-7-5-4-6-8-13)19(27)22-12(3)17(25)23-15(10-30)20(28)29/h4-8,11-12,14-16,30H,9-10,21H2,1-3H3,(H,22,27)(H,23,25)(H,24,26)(H,28,29). The Bertz CT molecular complexity index is 744. The highest BCUT2D eigenvalue weighted by atomic mass is 32.1. The topological polar surface area (TPSA) is 151 Å². The second-order valence-corrected chi connectivity index (χ2v) is 7.70. The van der Waals surface area contributed by atoms with Crippen molar-refractivity contribution in [3.05, 3.63) is 35.9 Å². The van der Waals surface area contributed by atoms with Gasteiger partial charge in [-0.2, -0.15) is 12.6 Å². The first-order valence-electron chi connectivity index (χ1n) is 9.61. The number of thiol groups is 1. The molecule has 4 atom stereocenters. The van der Waals surface area contributed by atoms with Crippen LogP contribution in [0.25, 0.3) is 0 Å². The second-order valence-electron chi connectivity index (χ2n) is 7.34. The first-order valence-corrected chi connectivity index (χ1v) is 10.2. The highest BCUT2D eigenvalue weighted by molar-refractivity contribution is 7.80. The average molecular weight is 439 g/mol. The van der Waals surface area contributed by atoms with Crippen molar-refractivity contribution >= 4 is 36.3 Å². The second kappa shape index (κ2) is 12.2. The molecular formula is C20H30N4O5S. The van der Waals surface area contributed by atoms with Gasteiger partial charge in [-0.05, 0) is 24.8 Å². The normalized spacial score (nSPS) is 14.9. The van der Waals surface area contributed by atoms with E-state index in [1.54, 1.807) is 13.8 Å². The van der Waals surface area contributed by atoms with E-state index >= 15 is 0 Å². The Hall–Kier alpha value is -2.59. The van der Waals surface area contributed by atoms with Crippen LogP contribution in [0.2, 0.25) is 0 Å². The molecule has 0 spiro atoms. The fourth-order valence-corrected chi connectivity index (χ4v) is 2.85. The monoisotopic (exact) mass is 438 g/mol. The molecule has 0 saturated heterocycles. The van der Waals surface area contributed by atoms with Crippen LogP contribution in [0.15, 0.2) is 30.3 Å². The van der Waals surface area contributed by atoms with Crippen LogP contribution in [0.3, 0.4) is 0 Å². The van der Waals surface area contributed by atoms with Crippen molar-refractivity contribution in [1.29, 1.82) is 0 Å². The van der Waals surface area contributed by atoms with E-state index in [-0.39, 0.29) is 11.7 Å². The Morgan fingerprint density at radius 2 is 1.57 bits per heavy atom. The molecule has 166 valence electrons. The molecule has 9 nitrogen and oxygen atoms in total. The minimum Gasteiger partial charge on any atom is -0.480 e. The molecule has 3 amide bonds. The molecule has 0 heterocycles. The lowest BCUT2D eigenvalue weighted by Gasteiger charge is -2.25. The number of carboxylic acids is 1. The van der Waals surface area contributed by atoms with Crippen LogP contribution in [-0.2, 0) is 25.6 Å². The molecule has 0 radical (unpaired) electrons. The number of carbonyl (C=O) groups excluding carboxylic acids is 3. The molecule has 0 bridgehead atoms. The lowest BCUT2D eigenvalue weighted by Crippen LogP contribution is -2.58. The maximum atomic E-state index is 12.6. The number of rotatable bonds is 11. The predicted molar refractivity (Wildman–Crippen MR) is 116 cm³/mol. The largest absolute Gasteiger partial charge is 0.480 e. The van der Waals surface area contributed by atoms with Crippen LogP contribution in [0.4, 0.5) is 0 Å². The smallest absolute Gasteiger partial charge is 0.327 e. The molecule has 1 aromatic carbocycles. The van der Waals surface area contributed by atoms with E-state index in [1.807, 2.05) is 30.3 Å². The summed E-state index contributed by atoms with van der Waals surface area (Å²) < 4.78 is 0. The summed E-state index contributed by atoms with van der Waals surface area (Å²) in [6, 6.07) is 5.35. The lowest BCUT2D eigenvalue weighted by molar-refractivity contribution is -0.141. The van der Waals surface area contributed by atoms with Crippen LogP contribution < -0.4 is 21.7 Å².